The minimum absolute atomic E-state index is 0.675. The van der Waals surface area contributed by atoms with E-state index in [0.717, 1.165) is 6.21 Å². The molecule has 1 atom stereocenters. The maximum atomic E-state index is 10.4. The topological polar surface area (TPSA) is 108 Å². The number of carbonyl (C=O) groups excluding carboxylic acids is 1. The Bertz CT molecular complexity index is 294. The third-order valence-electron chi connectivity index (χ3n) is 0.945. The third kappa shape index (κ3) is 1.88. The zero-order chi connectivity index (χ0) is 8.48. The summed E-state index contributed by atoms with van der Waals surface area (Å²) in [5.74, 6) is -0.675. The Kier molecular flexibility index (Phi) is 1.79. The average Bonchev–Trinajstić information content (AvgIpc) is 1.86. The molecule has 3 N–H and O–H groups in total. The molecule has 1 heterocycles. The molecule has 1 rings (SSSR count). The van der Waals surface area contributed by atoms with Crippen molar-refractivity contribution in [2.75, 3.05) is 0 Å². The molecule has 1 amide bonds. The van der Waals surface area contributed by atoms with Gasteiger partial charge in [0.2, 0.25) is 5.50 Å². The predicted molar refractivity (Wildman–Crippen MR) is 35.1 cm³/mol. The van der Waals surface area contributed by atoms with Crippen molar-refractivity contribution in [1.82, 2.24) is 10.7 Å². The second kappa shape index (κ2) is 2.47. The first-order valence-electron chi connectivity index (χ1n) is 2.55. The van der Waals surface area contributed by atoms with Gasteiger partial charge in [-0.05, 0) is 0 Å². The minimum atomic E-state index is -4.32. The molecule has 0 aliphatic carbocycles. The highest BCUT2D eigenvalue weighted by atomic mass is 32.2. The van der Waals surface area contributed by atoms with Crippen molar-refractivity contribution in [3.63, 3.8) is 0 Å². The summed E-state index contributed by atoms with van der Waals surface area (Å²) in [7, 11) is -4.32. The van der Waals surface area contributed by atoms with Crippen LogP contribution in [-0.2, 0) is 14.9 Å². The van der Waals surface area contributed by atoms with Gasteiger partial charge in [-0.3, -0.25) is 14.8 Å². The van der Waals surface area contributed by atoms with Gasteiger partial charge in [0.1, 0.15) is 6.21 Å². The standard InChI is InChI=1S/C3H5N3O4S/c7-2-1-4-6-3(5-2)11(8,9)10/h1,3,6H,(H,5,7)(H,8,9,10). The molecule has 1 aliphatic rings. The van der Waals surface area contributed by atoms with E-state index in [9.17, 15) is 13.2 Å². The summed E-state index contributed by atoms with van der Waals surface area (Å²) in [6.07, 6.45) is 0.863. The van der Waals surface area contributed by atoms with E-state index >= 15 is 0 Å². The van der Waals surface area contributed by atoms with Gasteiger partial charge in [-0.25, -0.2) is 0 Å². The van der Waals surface area contributed by atoms with E-state index in [1.165, 1.54) is 0 Å². The summed E-state index contributed by atoms with van der Waals surface area (Å²) in [4.78, 5) is 10.4. The molecule has 0 spiro atoms. The molecule has 0 aromatic rings. The van der Waals surface area contributed by atoms with Crippen molar-refractivity contribution < 1.29 is 17.8 Å². The number of hydrogen-bond donors (Lipinski definition) is 3. The van der Waals surface area contributed by atoms with Gasteiger partial charge in [-0.2, -0.15) is 13.5 Å². The van der Waals surface area contributed by atoms with Crippen molar-refractivity contribution in [3.8, 4) is 0 Å². The number of amides is 1. The van der Waals surface area contributed by atoms with E-state index in [4.69, 9.17) is 4.55 Å². The van der Waals surface area contributed by atoms with E-state index in [1.54, 1.807) is 0 Å². The van der Waals surface area contributed by atoms with Crippen molar-refractivity contribution >= 4 is 22.2 Å². The third-order valence-corrected chi connectivity index (χ3v) is 1.76. The molecule has 11 heavy (non-hydrogen) atoms. The molecule has 0 aromatic heterocycles. The van der Waals surface area contributed by atoms with Gasteiger partial charge in [0.15, 0.2) is 0 Å². The van der Waals surface area contributed by atoms with Crippen LogP contribution >= 0.6 is 0 Å². The van der Waals surface area contributed by atoms with Gasteiger partial charge < -0.3 is 5.32 Å². The lowest BCUT2D eigenvalue weighted by atomic mass is 10.6. The fraction of sp³-hybridized carbons (Fsp3) is 0.333. The Balaban J connectivity index is 2.80. The number of nitrogens with one attached hydrogen (secondary N) is 2. The molecule has 62 valence electrons. The quantitative estimate of drug-likeness (QED) is 0.398. The van der Waals surface area contributed by atoms with E-state index in [0.29, 0.717) is 0 Å². The number of carbonyl (C=O) groups is 1. The van der Waals surface area contributed by atoms with Gasteiger partial charge in [0, 0.05) is 0 Å². The van der Waals surface area contributed by atoms with Crippen LogP contribution in [-0.4, -0.2) is 30.6 Å². The molecule has 0 saturated heterocycles. The van der Waals surface area contributed by atoms with Gasteiger partial charge in [-0.1, -0.05) is 0 Å². The van der Waals surface area contributed by atoms with E-state index < -0.39 is 21.5 Å². The zero-order valence-electron chi connectivity index (χ0n) is 5.18. The Morgan fingerprint density at radius 2 is 2.27 bits per heavy atom. The van der Waals surface area contributed by atoms with Gasteiger partial charge in [0.05, 0.1) is 0 Å². The lowest BCUT2D eigenvalue weighted by Gasteiger charge is -2.16. The Morgan fingerprint density at radius 3 is 2.64 bits per heavy atom. The van der Waals surface area contributed by atoms with Crippen LogP contribution in [0.3, 0.4) is 0 Å². The van der Waals surface area contributed by atoms with Gasteiger partial charge in [-0.15, -0.1) is 0 Å². The predicted octanol–water partition coefficient (Wildman–Crippen LogP) is -2.14. The van der Waals surface area contributed by atoms with Crippen LogP contribution in [0.1, 0.15) is 0 Å². The molecule has 7 nitrogen and oxygen atoms in total. The highest BCUT2D eigenvalue weighted by molar-refractivity contribution is 7.86. The normalized spacial score (nSPS) is 24.1. The highest BCUT2D eigenvalue weighted by Gasteiger charge is 2.25. The van der Waals surface area contributed by atoms with E-state index in [2.05, 4.69) is 5.10 Å². The largest absolute Gasteiger partial charge is 0.315 e. The van der Waals surface area contributed by atoms with E-state index in [-0.39, 0.29) is 0 Å². The van der Waals surface area contributed by atoms with Crippen molar-refractivity contribution in [3.05, 3.63) is 0 Å². The second-order valence-corrected chi connectivity index (χ2v) is 3.29. The van der Waals surface area contributed by atoms with Crippen molar-refractivity contribution in [1.29, 1.82) is 0 Å². The summed E-state index contributed by atoms with van der Waals surface area (Å²) in [5, 5.41) is 5.10. The second-order valence-electron chi connectivity index (χ2n) is 1.79. The molecular formula is C3H5N3O4S. The smallest absolute Gasteiger partial charge is 0.307 e. The number of hydrazone groups is 1. The Morgan fingerprint density at radius 1 is 1.64 bits per heavy atom. The van der Waals surface area contributed by atoms with Crippen molar-refractivity contribution in [2.24, 2.45) is 5.10 Å². The molecule has 0 saturated carbocycles. The fourth-order valence-electron chi connectivity index (χ4n) is 0.503. The Hall–Kier alpha value is -1.15. The van der Waals surface area contributed by atoms with Crippen molar-refractivity contribution in [2.45, 2.75) is 5.50 Å². The summed E-state index contributed by atoms with van der Waals surface area (Å²) in [6.45, 7) is 0. The molecule has 1 unspecified atom stereocenters. The van der Waals surface area contributed by atoms with Gasteiger partial charge in [0.25, 0.3) is 5.91 Å². The first-order valence-corrected chi connectivity index (χ1v) is 4.06. The van der Waals surface area contributed by atoms with Crippen LogP contribution in [0.25, 0.3) is 0 Å². The molecule has 1 aliphatic heterocycles. The van der Waals surface area contributed by atoms with Crippen LogP contribution in [0.5, 0.6) is 0 Å². The lowest BCUT2D eigenvalue weighted by molar-refractivity contribution is -0.115. The number of hydrogen-bond acceptors (Lipinski definition) is 5. The van der Waals surface area contributed by atoms with Crippen LogP contribution in [0.4, 0.5) is 0 Å². The monoisotopic (exact) mass is 179 g/mol. The van der Waals surface area contributed by atoms with Gasteiger partial charge >= 0.3 is 10.1 Å². The number of nitrogens with zero attached hydrogens (tertiary/aromatic N) is 1. The first-order chi connectivity index (χ1) is 5.00. The molecular weight excluding hydrogens is 174 g/mol. The first kappa shape index (κ1) is 7.95. The fourth-order valence-corrected chi connectivity index (χ4v) is 0.963. The van der Waals surface area contributed by atoms with E-state index in [1.807, 2.05) is 10.7 Å². The SMILES string of the molecule is O=C1C=NNC(S(=O)(=O)O)N1. The molecule has 8 heteroatoms. The summed E-state index contributed by atoms with van der Waals surface area (Å²) >= 11 is 0. The number of rotatable bonds is 1. The highest BCUT2D eigenvalue weighted by Crippen LogP contribution is 1.92. The molecule has 0 fully saturated rings. The summed E-state index contributed by atoms with van der Waals surface area (Å²) < 4.78 is 29.1. The molecule has 0 bridgehead atoms. The minimum Gasteiger partial charge on any atom is -0.315 e. The summed E-state index contributed by atoms with van der Waals surface area (Å²) in [6, 6.07) is 0. The van der Waals surface area contributed by atoms with Crippen LogP contribution < -0.4 is 10.7 Å². The molecule has 0 radical (unpaired) electrons. The van der Waals surface area contributed by atoms with Crippen LogP contribution in [0.15, 0.2) is 5.10 Å². The maximum Gasteiger partial charge on any atom is 0.307 e. The Labute approximate surface area is 62.2 Å². The molecule has 0 aromatic carbocycles. The summed E-state index contributed by atoms with van der Waals surface area (Å²) in [5.41, 5.74) is 0.447. The maximum absolute atomic E-state index is 10.4. The van der Waals surface area contributed by atoms with Crippen LogP contribution in [0.2, 0.25) is 0 Å². The zero-order valence-corrected chi connectivity index (χ0v) is 6.00. The average molecular weight is 179 g/mol. The lowest BCUT2D eigenvalue weighted by Crippen LogP contribution is -2.52. The van der Waals surface area contributed by atoms with Crippen LogP contribution in [0, 0.1) is 0 Å².